The van der Waals surface area contributed by atoms with Gasteiger partial charge < -0.3 is 0 Å². The fourth-order valence-corrected chi connectivity index (χ4v) is 1.83. The summed E-state index contributed by atoms with van der Waals surface area (Å²) in [6.07, 6.45) is 1.25. The molecule has 0 atom stereocenters. The third-order valence-corrected chi connectivity index (χ3v) is 2.59. The molecular weight excluding hydrogens is 248 g/mol. The summed E-state index contributed by atoms with van der Waals surface area (Å²) in [6.45, 7) is 4.25. The minimum absolute atomic E-state index is 0.133. The standard InChI is InChI=1S/C10H4N2O4.C3H8/c13-7-3-1-4-6(10(16)12-8(4)14)2-5(3)9(15)11-7;1-3-2/h1-2H,(H,11,13,15)(H,12,14,16);3H2,1-2H3. The van der Waals surface area contributed by atoms with Crippen molar-refractivity contribution in [3.8, 4) is 0 Å². The Hall–Kier alpha value is -2.50. The Morgan fingerprint density at radius 3 is 1.11 bits per heavy atom. The molecule has 1 aromatic carbocycles. The molecule has 0 bridgehead atoms. The van der Waals surface area contributed by atoms with Crippen molar-refractivity contribution >= 4 is 21.5 Å². The average Bonchev–Trinajstić information content (AvgIpc) is 2.79. The van der Waals surface area contributed by atoms with Crippen molar-refractivity contribution in [2.45, 2.75) is 20.3 Å². The van der Waals surface area contributed by atoms with E-state index in [9.17, 15) is 19.2 Å². The minimum Gasteiger partial charge on any atom is -0.288 e. The number of fused-ring (bicyclic) bond motifs is 2. The number of aromatic amines is 2. The number of hydrogen-bond acceptors (Lipinski definition) is 4. The summed E-state index contributed by atoms with van der Waals surface area (Å²) < 4.78 is 0. The van der Waals surface area contributed by atoms with Gasteiger partial charge in [0.15, 0.2) is 0 Å². The largest absolute Gasteiger partial charge is 0.288 e. The van der Waals surface area contributed by atoms with E-state index in [1.165, 1.54) is 18.6 Å². The molecule has 0 aliphatic heterocycles. The maximum Gasteiger partial charge on any atom is 0.258 e. The molecule has 0 aliphatic carbocycles. The molecule has 0 spiro atoms. The van der Waals surface area contributed by atoms with Crippen LogP contribution in [0.4, 0.5) is 0 Å². The van der Waals surface area contributed by atoms with E-state index < -0.39 is 22.2 Å². The second kappa shape index (κ2) is 4.64. The first-order valence-corrected chi connectivity index (χ1v) is 5.89. The Morgan fingerprint density at radius 1 is 0.684 bits per heavy atom. The summed E-state index contributed by atoms with van der Waals surface area (Å²) in [6, 6.07) is 2.54. The van der Waals surface area contributed by atoms with Crippen molar-refractivity contribution in [3.05, 3.63) is 53.5 Å². The van der Waals surface area contributed by atoms with Gasteiger partial charge in [0.1, 0.15) is 0 Å². The normalized spacial score (nSPS) is 10.6. The number of aromatic nitrogens is 2. The van der Waals surface area contributed by atoms with Gasteiger partial charge in [0.25, 0.3) is 22.2 Å². The molecular formula is C13H12N2O4. The quantitative estimate of drug-likeness (QED) is 0.610. The van der Waals surface area contributed by atoms with E-state index >= 15 is 0 Å². The van der Waals surface area contributed by atoms with Crippen molar-refractivity contribution in [2.24, 2.45) is 0 Å². The molecule has 2 heterocycles. The fraction of sp³-hybridized carbons (Fsp3) is 0.231. The molecule has 19 heavy (non-hydrogen) atoms. The van der Waals surface area contributed by atoms with Crippen LogP contribution in [-0.4, -0.2) is 9.97 Å². The smallest absolute Gasteiger partial charge is 0.258 e. The van der Waals surface area contributed by atoms with Gasteiger partial charge in [-0.1, -0.05) is 20.3 Å². The van der Waals surface area contributed by atoms with E-state index in [1.807, 2.05) is 0 Å². The fourth-order valence-electron chi connectivity index (χ4n) is 1.83. The molecule has 0 fully saturated rings. The minimum atomic E-state index is -0.546. The summed E-state index contributed by atoms with van der Waals surface area (Å²) in [7, 11) is 0. The van der Waals surface area contributed by atoms with Gasteiger partial charge in [0.2, 0.25) is 0 Å². The van der Waals surface area contributed by atoms with Crippen molar-refractivity contribution in [3.63, 3.8) is 0 Å². The van der Waals surface area contributed by atoms with Crippen LogP contribution < -0.4 is 22.2 Å². The monoisotopic (exact) mass is 260 g/mol. The first kappa shape index (κ1) is 12.9. The lowest BCUT2D eigenvalue weighted by Gasteiger charge is -1.86. The van der Waals surface area contributed by atoms with Crippen LogP contribution >= 0.6 is 0 Å². The summed E-state index contributed by atoms with van der Waals surface area (Å²) in [5.74, 6) is 0. The van der Waals surface area contributed by atoms with E-state index in [2.05, 4.69) is 23.8 Å². The third kappa shape index (κ3) is 2.01. The zero-order chi connectivity index (χ0) is 14.2. The molecule has 0 aliphatic rings. The van der Waals surface area contributed by atoms with Crippen LogP contribution in [0.5, 0.6) is 0 Å². The predicted octanol–water partition coefficient (Wildman–Crippen LogP) is 0.382. The van der Waals surface area contributed by atoms with Crippen LogP contribution in [-0.2, 0) is 0 Å². The Labute approximate surface area is 106 Å². The van der Waals surface area contributed by atoms with Crippen LogP contribution in [0.3, 0.4) is 0 Å². The summed E-state index contributed by atoms with van der Waals surface area (Å²) >= 11 is 0. The van der Waals surface area contributed by atoms with Crippen molar-refractivity contribution in [2.75, 3.05) is 0 Å². The molecule has 0 amide bonds. The van der Waals surface area contributed by atoms with Crippen molar-refractivity contribution in [1.82, 2.24) is 9.97 Å². The van der Waals surface area contributed by atoms with Gasteiger partial charge in [-0.15, -0.1) is 0 Å². The predicted molar refractivity (Wildman–Crippen MR) is 73.6 cm³/mol. The maximum absolute atomic E-state index is 11.3. The van der Waals surface area contributed by atoms with Gasteiger partial charge in [-0.25, -0.2) is 0 Å². The van der Waals surface area contributed by atoms with Crippen LogP contribution in [0.25, 0.3) is 21.5 Å². The number of nitrogens with one attached hydrogen (secondary N) is 2. The van der Waals surface area contributed by atoms with Crippen molar-refractivity contribution in [1.29, 1.82) is 0 Å². The zero-order valence-electron chi connectivity index (χ0n) is 10.5. The highest BCUT2D eigenvalue weighted by molar-refractivity contribution is 5.97. The van der Waals surface area contributed by atoms with E-state index in [0.717, 1.165) is 0 Å². The molecule has 2 N–H and O–H groups in total. The van der Waals surface area contributed by atoms with Gasteiger partial charge >= 0.3 is 0 Å². The molecule has 0 saturated heterocycles. The van der Waals surface area contributed by atoms with Crippen molar-refractivity contribution < 1.29 is 0 Å². The molecule has 0 radical (unpaired) electrons. The molecule has 98 valence electrons. The lowest BCUT2D eigenvalue weighted by Crippen LogP contribution is -2.06. The van der Waals surface area contributed by atoms with Gasteiger partial charge in [0, 0.05) is 0 Å². The molecule has 3 aromatic rings. The van der Waals surface area contributed by atoms with E-state index in [4.69, 9.17) is 0 Å². The molecule has 6 nitrogen and oxygen atoms in total. The van der Waals surface area contributed by atoms with E-state index in [1.54, 1.807) is 0 Å². The van der Waals surface area contributed by atoms with Gasteiger partial charge in [-0.05, 0) is 12.1 Å². The van der Waals surface area contributed by atoms with Crippen LogP contribution in [0.2, 0.25) is 0 Å². The summed E-state index contributed by atoms with van der Waals surface area (Å²) in [5, 5.41) is 0.532. The SMILES string of the molecule is CCC.O=c1[nH]c(=O)c2cc3c(=O)[nH]c(=O)c3cc12. The van der Waals surface area contributed by atoms with Crippen LogP contribution in [0.15, 0.2) is 31.3 Å². The van der Waals surface area contributed by atoms with Crippen LogP contribution in [0, 0.1) is 0 Å². The second-order valence-corrected chi connectivity index (χ2v) is 4.22. The molecule has 2 aromatic heterocycles. The van der Waals surface area contributed by atoms with Gasteiger partial charge in [0.05, 0.1) is 21.5 Å². The summed E-state index contributed by atoms with van der Waals surface area (Å²) in [5.41, 5.74) is -2.19. The van der Waals surface area contributed by atoms with E-state index in [0.29, 0.717) is 0 Å². The first-order chi connectivity index (χ1) is 8.99. The first-order valence-electron chi connectivity index (χ1n) is 5.89. The third-order valence-electron chi connectivity index (χ3n) is 2.59. The Morgan fingerprint density at radius 2 is 0.895 bits per heavy atom. The molecule has 6 heteroatoms. The summed E-state index contributed by atoms with van der Waals surface area (Å²) in [4.78, 5) is 49.4. The molecule has 0 saturated carbocycles. The number of H-pyrrole nitrogens is 2. The second-order valence-electron chi connectivity index (χ2n) is 4.22. The zero-order valence-corrected chi connectivity index (χ0v) is 10.5. The number of hydrogen-bond donors (Lipinski definition) is 2. The molecule has 3 rings (SSSR count). The average molecular weight is 260 g/mol. The van der Waals surface area contributed by atoms with E-state index in [-0.39, 0.29) is 21.5 Å². The topological polar surface area (TPSA) is 99.9 Å². The van der Waals surface area contributed by atoms with Gasteiger partial charge in [-0.2, -0.15) is 0 Å². The maximum atomic E-state index is 11.3. The number of benzene rings is 1. The number of rotatable bonds is 0. The lowest BCUT2D eigenvalue weighted by atomic mass is 10.1. The van der Waals surface area contributed by atoms with Crippen LogP contribution in [0.1, 0.15) is 20.3 Å². The van der Waals surface area contributed by atoms with Gasteiger partial charge in [-0.3, -0.25) is 29.1 Å². The Kier molecular flexibility index (Phi) is 3.16. The highest BCUT2D eigenvalue weighted by Crippen LogP contribution is 2.12. The molecule has 0 unspecified atom stereocenters. The Balaban J connectivity index is 0.000000408. The highest BCUT2D eigenvalue weighted by atomic mass is 16.2. The highest BCUT2D eigenvalue weighted by Gasteiger charge is 2.12. The Bertz CT molecular complexity index is 792. The lowest BCUT2D eigenvalue weighted by molar-refractivity contribution is 1.09.